The van der Waals surface area contributed by atoms with Gasteiger partial charge in [-0.25, -0.2) is 0 Å². The van der Waals surface area contributed by atoms with Crippen molar-refractivity contribution in [3.05, 3.63) is 42.7 Å². The van der Waals surface area contributed by atoms with E-state index in [2.05, 4.69) is 5.10 Å². The third-order valence-electron chi connectivity index (χ3n) is 2.43. The third-order valence-corrected chi connectivity index (χ3v) is 3.95. The lowest BCUT2D eigenvalue weighted by Gasteiger charge is -2.05. The van der Waals surface area contributed by atoms with Crippen LogP contribution in [0.4, 0.5) is 5.82 Å². The van der Waals surface area contributed by atoms with Crippen LogP contribution in [0.3, 0.4) is 0 Å². The molecule has 2 aromatic rings. The number of carbonyl (C=O) groups excluding carboxylic acids is 1. The Morgan fingerprint density at radius 1 is 1.53 bits per heavy atom. The van der Waals surface area contributed by atoms with E-state index in [1.807, 2.05) is 0 Å². The fourth-order valence-corrected chi connectivity index (χ4v) is 2.73. The van der Waals surface area contributed by atoms with Gasteiger partial charge in [0.1, 0.15) is 6.04 Å². The molecule has 19 heavy (non-hydrogen) atoms. The second-order valence-electron chi connectivity index (χ2n) is 3.68. The standard InChI is InChI=1S/C10H7Cl2N3O3S/c1-5(9(16)7-2-3-8(12)19-7)14-4-6(11)10(13-14)15(17)18/h2-5H,1H3. The molecule has 6 nitrogen and oxygen atoms in total. The molecule has 9 heteroatoms. The van der Waals surface area contributed by atoms with Crippen LogP contribution in [0.15, 0.2) is 18.3 Å². The van der Waals surface area contributed by atoms with E-state index < -0.39 is 16.8 Å². The number of halogens is 2. The predicted molar refractivity (Wildman–Crippen MR) is 72.3 cm³/mol. The van der Waals surface area contributed by atoms with E-state index in [1.165, 1.54) is 10.9 Å². The summed E-state index contributed by atoms with van der Waals surface area (Å²) in [6.07, 6.45) is 1.26. The lowest BCUT2D eigenvalue weighted by molar-refractivity contribution is -0.389. The van der Waals surface area contributed by atoms with E-state index >= 15 is 0 Å². The largest absolute Gasteiger partial charge is 0.408 e. The first-order chi connectivity index (χ1) is 8.90. The van der Waals surface area contributed by atoms with Crippen LogP contribution in [-0.2, 0) is 0 Å². The molecule has 0 aliphatic carbocycles. The lowest BCUT2D eigenvalue weighted by atomic mass is 10.2. The van der Waals surface area contributed by atoms with Crippen LogP contribution in [-0.4, -0.2) is 20.5 Å². The van der Waals surface area contributed by atoms with Crippen molar-refractivity contribution >= 4 is 46.1 Å². The molecule has 100 valence electrons. The SMILES string of the molecule is CC(C(=O)c1ccc(Cl)s1)n1cc(Cl)c([N+](=O)[O-])n1. The van der Waals surface area contributed by atoms with Crippen molar-refractivity contribution in [1.82, 2.24) is 9.78 Å². The number of carbonyl (C=O) groups is 1. The summed E-state index contributed by atoms with van der Waals surface area (Å²) in [4.78, 5) is 22.5. The summed E-state index contributed by atoms with van der Waals surface area (Å²) in [5.74, 6) is -0.698. The van der Waals surface area contributed by atoms with Crippen LogP contribution in [0.25, 0.3) is 0 Å². The van der Waals surface area contributed by atoms with E-state index in [1.54, 1.807) is 19.1 Å². The first-order valence-electron chi connectivity index (χ1n) is 5.08. The highest BCUT2D eigenvalue weighted by Gasteiger charge is 2.26. The summed E-state index contributed by atoms with van der Waals surface area (Å²) < 4.78 is 1.68. The van der Waals surface area contributed by atoms with Crippen LogP contribution >= 0.6 is 34.5 Å². The first kappa shape index (κ1) is 14.0. The number of aromatic nitrogens is 2. The minimum atomic E-state index is -0.696. The molecule has 0 bridgehead atoms. The fraction of sp³-hybridized carbons (Fsp3) is 0.200. The van der Waals surface area contributed by atoms with Gasteiger partial charge in [-0.3, -0.25) is 4.79 Å². The highest BCUT2D eigenvalue weighted by molar-refractivity contribution is 7.18. The molecule has 0 radical (unpaired) electrons. The molecule has 0 aliphatic heterocycles. The number of ketones is 1. The van der Waals surface area contributed by atoms with Gasteiger partial charge in [-0.05, 0) is 24.0 Å². The summed E-state index contributed by atoms with van der Waals surface area (Å²) in [6, 6.07) is 2.52. The molecule has 0 N–H and O–H groups in total. The van der Waals surface area contributed by atoms with E-state index in [0.29, 0.717) is 9.21 Å². The summed E-state index contributed by atoms with van der Waals surface area (Å²) >= 11 is 12.6. The van der Waals surface area contributed by atoms with Crippen molar-refractivity contribution in [3.63, 3.8) is 0 Å². The van der Waals surface area contributed by atoms with Gasteiger partial charge in [0.05, 0.1) is 20.5 Å². The smallest absolute Gasteiger partial charge is 0.358 e. The Hall–Kier alpha value is -1.44. The van der Waals surface area contributed by atoms with Crippen LogP contribution in [0.1, 0.15) is 22.6 Å². The molecule has 0 fully saturated rings. The second kappa shape index (κ2) is 5.28. The van der Waals surface area contributed by atoms with Crippen molar-refractivity contribution in [2.75, 3.05) is 0 Å². The van der Waals surface area contributed by atoms with Crippen molar-refractivity contribution in [2.24, 2.45) is 0 Å². The zero-order valence-corrected chi connectivity index (χ0v) is 11.9. The molecule has 0 spiro atoms. The van der Waals surface area contributed by atoms with E-state index in [4.69, 9.17) is 23.2 Å². The predicted octanol–water partition coefficient (Wildman–Crippen LogP) is 3.60. The van der Waals surface area contributed by atoms with E-state index in [9.17, 15) is 14.9 Å². The molecule has 0 aliphatic rings. The third kappa shape index (κ3) is 2.78. The number of hydrogen-bond donors (Lipinski definition) is 0. The maximum Gasteiger partial charge on any atom is 0.408 e. The molecule has 1 unspecified atom stereocenters. The highest BCUT2D eigenvalue weighted by atomic mass is 35.5. The van der Waals surface area contributed by atoms with E-state index in [-0.39, 0.29) is 10.8 Å². The maximum absolute atomic E-state index is 12.1. The quantitative estimate of drug-likeness (QED) is 0.490. The average molecular weight is 320 g/mol. The average Bonchev–Trinajstić information content (AvgIpc) is 2.93. The van der Waals surface area contributed by atoms with Gasteiger partial charge in [0, 0.05) is 0 Å². The highest BCUT2D eigenvalue weighted by Crippen LogP contribution is 2.28. The molecule has 0 saturated heterocycles. The van der Waals surface area contributed by atoms with Crippen molar-refractivity contribution in [3.8, 4) is 0 Å². The molecule has 2 aromatic heterocycles. The van der Waals surface area contributed by atoms with Crippen LogP contribution in [0.2, 0.25) is 9.36 Å². The Morgan fingerprint density at radius 2 is 2.21 bits per heavy atom. The summed E-state index contributed by atoms with van der Waals surface area (Å²) in [6.45, 7) is 1.59. The van der Waals surface area contributed by atoms with E-state index in [0.717, 1.165) is 11.3 Å². The number of thiophene rings is 1. The van der Waals surface area contributed by atoms with Crippen molar-refractivity contribution in [2.45, 2.75) is 13.0 Å². The number of nitrogens with zero attached hydrogens (tertiary/aromatic N) is 3. The molecule has 1 atom stereocenters. The van der Waals surface area contributed by atoms with Crippen molar-refractivity contribution in [1.29, 1.82) is 0 Å². The van der Waals surface area contributed by atoms with Gasteiger partial charge in [0.25, 0.3) is 0 Å². The molecule has 0 saturated carbocycles. The monoisotopic (exact) mass is 319 g/mol. The number of hydrogen-bond acceptors (Lipinski definition) is 5. The topological polar surface area (TPSA) is 78.0 Å². The lowest BCUT2D eigenvalue weighted by Crippen LogP contribution is -2.16. The van der Waals surface area contributed by atoms with Crippen LogP contribution in [0.5, 0.6) is 0 Å². The summed E-state index contributed by atoms with van der Waals surface area (Å²) in [5.41, 5.74) is 0. The van der Waals surface area contributed by atoms with Gasteiger partial charge >= 0.3 is 5.82 Å². The molecule has 0 aromatic carbocycles. The van der Waals surface area contributed by atoms with Crippen LogP contribution in [0, 0.1) is 10.1 Å². The number of Topliss-reactive ketones (excluding diaryl/α,β-unsaturated/α-hetero) is 1. The van der Waals surface area contributed by atoms with Gasteiger partial charge in [-0.15, -0.1) is 11.3 Å². The first-order valence-corrected chi connectivity index (χ1v) is 6.66. The van der Waals surface area contributed by atoms with Crippen LogP contribution < -0.4 is 0 Å². The maximum atomic E-state index is 12.1. The van der Waals surface area contributed by atoms with Gasteiger partial charge in [-0.1, -0.05) is 23.2 Å². The molecule has 2 rings (SSSR count). The summed E-state index contributed by atoms with van der Waals surface area (Å²) in [7, 11) is 0. The zero-order valence-electron chi connectivity index (χ0n) is 9.54. The Balaban J connectivity index is 2.29. The van der Waals surface area contributed by atoms with Gasteiger partial charge in [-0.2, -0.15) is 4.68 Å². The van der Waals surface area contributed by atoms with Gasteiger partial charge in [0.15, 0.2) is 10.8 Å². The second-order valence-corrected chi connectivity index (χ2v) is 5.80. The Morgan fingerprint density at radius 3 is 2.68 bits per heavy atom. The normalized spacial score (nSPS) is 12.4. The zero-order chi connectivity index (χ0) is 14.2. The minimum Gasteiger partial charge on any atom is -0.358 e. The molecule has 2 heterocycles. The Labute approximate surface area is 121 Å². The summed E-state index contributed by atoms with van der Waals surface area (Å²) in [5, 5.41) is 14.2. The van der Waals surface area contributed by atoms with Crippen molar-refractivity contribution < 1.29 is 9.72 Å². The van der Waals surface area contributed by atoms with Gasteiger partial charge < -0.3 is 10.1 Å². The molecular weight excluding hydrogens is 313 g/mol. The molecular formula is C10H7Cl2N3O3S. The number of nitro groups is 1. The fourth-order valence-electron chi connectivity index (χ4n) is 1.45. The number of rotatable bonds is 4. The Bertz CT molecular complexity index is 652. The Kier molecular flexibility index (Phi) is 3.88. The molecule has 0 amide bonds. The van der Waals surface area contributed by atoms with Gasteiger partial charge in [0.2, 0.25) is 0 Å². The minimum absolute atomic E-state index is 0.103.